The Balaban J connectivity index is 0.00000169. The highest BCUT2D eigenvalue weighted by atomic mass is 35.5. The Morgan fingerprint density at radius 3 is 2.23 bits per heavy atom. The molecular weight excluding hydrogens is 388 g/mol. The lowest BCUT2D eigenvalue weighted by Crippen LogP contribution is -2.46. The van der Waals surface area contributed by atoms with E-state index in [1.807, 2.05) is 29.2 Å². The van der Waals surface area contributed by atoms with Crippen molar-refractivity contribution in [2.75, 3.05) is 33.3 Å². The number of nitrogens with zero attached hydrogens (tertiary/aromatic N) is 1. The Morgan fingerprint density at radius 1 is 1.04 bits per heavy atom. The van der Waals surface area contributed by atoms with Gasteiger partial charge in [0.1, 0.15) is 5.75 Å². The Morgan fingerprint density at radius 2 is 1.65 bits per heavy atom. The van der Waals surface area contributed by atoms with Crippen molar-refractivity contribution in [3.8, 4) is 5.75 Å². The van der Waals surface area contributed by atoms with Gasteiger partial charge in [0, 0.05) is 37.6 Å². The lowest BCUT2D eigenvalue weighted by molar-refractivity contribution is -0.148. The largest absolute Gasteiger partial charge is 0.496 e. The Kier molecular flexibility index (Phi) is 8.47. The topological polar surface area (TPSA) is 24.5 Å². The molecule has 8 heteroatoms. The van der Waals surface area contributed by atoms with Gasteiger partial charge in [0.2, 0.25) is 0 Å². The Labute approximate surface area is 163 Å². The van der Waals surface area contributed by atoms with Crippen molar-refractivity contribution in [1.82, 2.24) is 10.2 Å². The molecule has 3 nitrogen and oxygen atoms in total. The van der Waals surface area contributed by atoms with Gasteiger partial charge in [0.15, 0.2) is 0 Å². The second-order valence-corrected chi connectivity index (χ2v) is 6.02. The number of rotatable bonds is 4. The molecule has 0 amide bonds. The molecule has 1 aliphatic rings. The number of ether oxygens (including phenoxy) is 1. The van der Waals surface area contributed by atoms with Crippen LogP contribution in [0.5, 0.6) is 5.75 Å². The molecule has 0 radical (unpaired) electrons. The second-order valence-electron chi connectivity index (χ2n) is 6.02. The van der Waals surface area contributed by atoms with Crippen LogP contribution in [-0.2, 0) is 0 Å². The lowest BCUT2D eigenvalue weighted by atomic mass is 9.94. The van der Waals surface area contributed by atoms with Gasteiger partial charge in [0.05, 0.1) is 13.5 Å². The number of methoxy groups -OCH3 is 1. The van der Waals surface area contributed by atoms with Gasteiger partial charge in [-0.2, -0.15) is 13.2 Å². The normalized spacial score (nSPS) is 16.5. The minimum absolute atomic E-state index is 0. The highest BCUT2D eigenvalue weighted by Crippen LogP contribution is 2.39. The molecule has 3 rings (SSSR count). The average molecular weight is 411 g/mol. The molecule has 1 N–H and O–H groups in total. The molecule has 146 valence electrons. The van der Waals surface area contributed by atoms with E-state index in [9.17, 15) is 13.2 Å². The van der Waals surface area contributed by atoms with Gasteiger partial charge in [-0.05, 0) is 17.0 Å². The summed E-state index contributed by atoms with van der Waals surface area (Å²) in [5, 5.41) is 4.87. The van der Waals surface area contributed by atoms with Crippen molar-refractivity contribution >= 4 is 35.6 Å². The molecule has 0 aliphatic carbocycles. The highest BCUT2D eigenvalue weighted by molar-refractivity contribution is 5.91. The molecule has 0 unspecified atom stereocenters. The fourth-order valence-electron chi connectivity index (χ4n) is 3.41. The third kappa shape index (κ3) is 5.16. The number of halogens is 5. The van der Waals surface area contributed by atoms with Crippen LogP contribution >= 0.6 is 24.8 Å². The summed E-state index contributed by atoms with van der Waals surface area (Å²) < 4.78 is 45.0. The number of benzene rings is 2. The third-order valence-corrected chi connectivity index (χ3v) is 4.51. The van der Waals surface area contributed by atoms with E-state index in [4.69, 9.17) is 4.74 Å². The van der Waals surface area contributed by atoms with Crippen molar-refractivity contribution in [2.45, 2.75) is 18.6 Å². The molecule has 1 fully saturated rings. The van der Waals surface area contributed by atoms with E-state index in [1.165, 1.54) is 0 Å². The van der Waals surface area contributed by atoms with Crippen LogP contribution in [0.15, 0.2) is 36.4 Å². The molecule has 1 aliphatic heterocycles. The summed E-state index contributed by atoms with van der Waals surface area (Å²) in [6.45, 7) is 2.65. The van der Waals surface area contributed by atoms with E-state index in [0.29, 0.717) is 37.5 Å². The van der Waals surface area contributed by atoms with Gasteiger partial charge in [-0.15, -0.1) is 24.8 Å². The number of nitrogens with one attached hydrogen (secondary N) is 1. The number of fused-ring (bicyclic) bond motifs is 1. The molecule has 0 saturated carbocycles. The first-order valence-corrected chi connectivity index (χ1v) is 8.07. The minimum atomic E-state index is -4.21. The quantitative estimate of drug-likeness (QED) is 0.797. The third-order valence-electron chi connectivity index (χ3n) is 4.51. The summed E-state index contributed by atoms with van der Waals surface area (Å²) in [6.07, 6.45) is -5.06. The van der Waals surface area contributed by atoms with Crippen molar-refractivity contribution in [1.29, 1.82) is 0 Å². The van der Waals surface area contributed by atoms with Crippen LogP contribution in [0.25, 0.3) is 10.8 Å². The van der Waals surface area contributed by atoms with Crippen LogP contribution in [0, 0.1) is 0 Å². The molecular formula is C18H23Cl2F3N2O. The zero-order chi connectivity index (χ0) is 17.2. The van der Waals surface area contributed by atoms with Crippen molar-refractivity contribution < 1.29 is 17.9 Å². The predicted molar refractivity (Wildman–Crippen MR) is 103 cm³/mol. The molecule has 1 heterocycles. The van der Waals surface area contributed by atoms with E-state index in [1.54, 1.807) is 19.2 Å². The smallest absolute Gasteiger partial charge is 0.390 e. The minimum Gasteiger partial charge on any atom is -0.496 e. The Hall–Kier alpha value is -1.21. The maximum atomic E-state index is 13.2. The summed E-state index contributed by atoms with van der Waals surface area (Å²) in [5.74, 6) is 0.681. The van der Waals surface area contributed by atoms with Gasteiger partial charge >= 0.3 is 6.18 Å². The first kappa shape index (κ1) is 22.8. The number of piperazine rings is 1. The van der Waals surface area contributed by atoms with Gasteiger partial charge in [-0.1, -0.05) is 30.3 Å². The van der Waals surface area contributed by atoms with Crippen LogP contribution < -0.4 is 10.1 Å². The fourth-order valence-corrected chi connectivity index (χ4v) is 3.41. The van der Waals surface area contributed by atoms with Crippen LogP contribution in [0.3, 0.4) is 0 Å². The highest BCUT2D eigenvalue weighted by Gasteiger charge is 2.36. The molecule has 26 heavy (non-hydrogen) atoms. The number of hydrogen-bond donors (Lipinski definition) is 1. The summed E-state index contributed by atoms with van der Waals surface area (Å²) in [6, 6.07) is 10.4. The predicted octanol–water partition coefficient (Wildman–Crippen LogP) is 4.59. The van der Waals surface area contributed by atoms with E-state index < -0.39 is 18.6 Å². The lowest BCUT2D eigenvalue weighted by Gasteiger charge is -2.36. The summed E-state index contributed by atoms with van der Waals surface area (Å²) in [5.41, 5.74) is 0.714. The zero-order valence-corrected chi connectivity index (χ0v) is 16.0. The molecule has 0 bridgehead atoms. The van der Waals surface area contributed by atoms with Crippen LogP contribution in [0.4, 0.5) is 13.2 Å². The summed E-state index contributed by atoms with van der Waals surface area (Å²) >= 11 is 0. The van der Waals surface area contributed by atoms with E-state index >= 15 is 0 Å². The van der Waals surface area contributed by atoms with Gasteiger partial charge in [-0.3, -0.25) is 4.90 Å². The molecule has 2 aromatic rings. The first-order valence-electron chi connectivity index (χ1n) is 8.07. The molecule has 1 saturated heterocycles. The summed E-state index contributed by atoms with van der Waals surface area (Å²) in [4.78, 5) is 1.93. The summed E-state index contributed by atoms with van der Waals surface area (Å²) in [7, 11) is 1.57. The Bertz CT molecular complexity index is 706. The fraction of sp³-hybridized carbons (Fsp3) is 0.444. The monoisotopic (exact) mass is 410 g/mol. The van der Waals surface area contributed by atoms with E-state index in [2.05, 4.69) is 5.32 Å². The molecule has 0 aromatic heterocycles. The average Bonchev–Trinajstić information content (AvgIpc) is 2.59. The van der Waals surface area contributed by atoms with Crippen molar-refractivity contribution in [3.05, 3.63) is 42.0 Å². The number of alkyl halides is 3. The first-order chi connectivity index (χ1) is 11.5. The number of hydrogen-bond acceptors (Lipinski definition) is 3. The SMILES string of the molecule is COc1ccc([C@H](CC(F)(F)F)N2CCNCC2)c2ccccc12.Cl.Cl. The standard InChI is InChI=1S/C18H21F3N2O.2ClH/c1-24-17-7-6-14(13-4-2-3-5-15(13)17)16(12-18(19,20)21)23-10-8-22-9-11-23;;/h2-7,16,22H,8-12H2,1H3;2*1H/t16-;;/m0../s1. The molecule has 1 atom stereocenters. The molecule has 0 spiro atoms. The van der Waals surface area contributed by atoms with Crippen molar-refractivity contribution in [2.24, 2.45) is 0 Å². The van der Waals surface area contributed by atoms with Crippen LogP contribution in [0.1, 0.15) is 18.0 Å². The van der Waals surface area contributed by atoms with Crippen molar-refractivity contribution in [3.63, 3.8) is 0 Å². The molecule has 2 aromatic carbocycles. The van der Waals surface area contributed by atoms with Gasteiger partial charge < -0.3 is 10.1 Å². The van der Waals surface area contributed by atoms with Crippen LogP contribution in [-0.4, -0.2) is 44.4 Å². The maximum absolute atomic E-state index is 13.2. The second kappa shape index (κ2) is 9.65. The maximum Gasteiger partial charge on any atom is 0.390 e. The van der Waals surface area contributed by atoms with Gasteiger partial charge in [-0.25, -0.2) is 0 Å². The van der Waals surface area contributed by atoms with Crippen LogP contribution in [0.2, 0.25) is 0 Å². The zero-order valence-electron chi connectivity index (χ0n) is 14.4. The van der Waals surface area contributed by atoms with E-state index in [0.717, 1.165) is 10.8 Å². The van der Waals surface area contributed by atoms with E-state index in [-0.39, 0.29) is 24.8 Å². The van der Waals surface area contributed by atoms with Gasteiger partial charge in [0.25, 0.3) is 0 Å².